The maximum Gasteiger partial charge on any atom is 0.237 e. The molecule has 0 saturated carbocycles. The first-order chi connectivity index (χ1) is 12.5. The summed E-state index contributed by atoms with van der Waals surface area (Å²) in [5.74, 6) is -0.0308. The number of halogens is 1. The van der Waals surface area contributed by atoms with Gasteiger partial charge in [0, 0.05) is 9.37 Å². The molecule has 4 nitrogen and oxygen atoms in total. The van der Waals surface area contributed by atoms with Gasteiger partial charge in [-0.15, -0.1) is 11.8 Å². The molecule has 2 aromatic carbocycles. The molecule has 26 heavy (non-hydrogen) atoms. The molecule has 0 bridgehead atoms. The quantitative estimate of drug-likeness (QED) is 0.554. The van der Waals surface area contributed by atoms with Crippen molar-refractivity contribution in [2.75, 3.05) is 5.32 Å². The number of hydrogen-bond donors (Lipinski definition) is 1. The van der Waals surface area contributed by atoms with Crippen molar-refractivity contribution in [2.24, 2.45) is 0 Å². The fraction of sp³-hybridized carbons (Fsp3) is 0.200. The summed E-state index contributed by atoms with van der Waals surface area (Å²) in [4.78, 5) is 13.7. The highest BCUT2D eigenvalue weighted by Gasteiger charge is 2.19. The van der Waals surface area contributed by atoms with Gasteiger partial charge in [-0.05, 0) is 57.2 Å². The van der Waals surface area contributed by atoms with Crippen LogP contribution in [-0.4, -0.2) is 20.9 Å². The predicted molar refractivity (Wildman–Crippen MR) is 111 cm³/mol. The average Bonchev–Trinajstić information content (AvgIpc) is 2.92. The molecule has 1 N–H and O–H groups in total. The van der Waals surface area contributed by atoms with Gasteiger partial charge in [-0.3, -0.25) is 4.79 Å². The molecule has 0 saturated heterocycles. The normalized spacial score (nSPS) is 12.0. The highest BCUT2D eigenvalue weighted by Crippen LogP contribution is 2.27. The molecule has 3 aromatic rings. The van der Waals surface area contributed by atoms with Crippen molar-refractivity contribution < 1.29 is 4.79 Å². The molecule has 0 aliphatic carbocycles. The molecule has 134 valence electrons. The lowest BCUT2D eigenvalue weighted by Gasteiger charge is -2.12. The molecule has 1 heterocycles. The van der Waals surface area contributed by atoms with E-state index in [1.165, 1.54) is 11.8 Å². The maximum absolute atomic E-state index is 12.7. The zero-order valence-electron chi connectivity index (χ0n) is 14.9. The first-order valence-electron chi connectivity index (χ1n) is 8.30. The molecule has 0 radical (unpaired) electrons. The van der Waals surface area contributed by atoms with Crippen molar-refractivity contribution in [3.63, 3.8) is 0 Å². The summed E-state index contributed by atoms with van der Waals surface area (Å²) in [7, 11) is 0. The van der Waals surface area contributed by atoms with Crippen LogP contribution in [0.4, 0.5) is 5.69 Å². The van der Waals surface area contributed by atoms with E-state index in [1.54, 1.807) is 0 Å². The number of carbonyl (C=O) groups excluding carboxylic acids is 1. The Kier molecular flexibility index (Phi) is 5.84. The molecule has 0 aliphatic heterocycles. The van der Waals surface area contributed by atoms with E-state index in [2.05, 4.69) is 26.3 Å². The van der Waals surface area contributed by atoms with E-state index < -0.39 is 0 Å². The first-order valence-corrected chi connectivity index (χ1v) is 9.97. The van der Waals surface area contributed by atoms with Crippen LogP contribution in [0.5, 0.6) is 0 Å². The lowest BCUT2D eigenvalue weighted by molar-refractivity contribution is -0.115. The number of benzene rings is 2. The second kappa shape index (κ2) is 8.10. The zero-order valence-corrected chi connectivity index (χ0v) is 17.3. The van der Waals surface area contributed by atoms with Crippen LogP contribution in [0.2, 0.25) is 0 Å². The van der Waals surface area contributed by atoms with Crippen LogP contribution in [0, 0.1) is 13.8 Å². The third-order valence-corrected chi connectivity index (χ3v) is 5.68. The molecule has 1 unspecified atom stereocenters. The topological polar surface area (TPSA) is 46.9 Å². The Morgan fingerprint density at radius 3 is 2.42 bits per heavy atom. The number of hydrogen-bond acceptors (Lipinski definition) is 3. The van der Waals surface area contributed by atoms with Gasteiger partial charge in [0.2, 0.25) is 5.91 Å². The highest BCUT2D eigenvalue weighted by molar-refractivity contribution is 9.10. The Balaban J connectivity index is 1.75. The molecule has 6 heteroatoms. The average molecular weight is 430 g/mol. The molecule has 3 rings (SSSR count). The minimum atomic E-state index is -0.213. The first kappa shape index (κ1) is 18.7. The molecular weight excluding hydrogens is 410 g/mol. The molecular formula is C20H20BrN3OS. The SMILES string of the molecule is Cc1nn(-c2ccccc2)c(C)c1NC(=O)C(C)Sc1ccc(Br)cc1. The second-order valence-corrected chi connectivity index (χ2v) is 8.33. The summed E-state index contributed by atoms with van der Waals surface area (Å²) in [6.07, 6.45) is 0. The van der Waals surface area contributed by atoms with Gasteiger partial charge in [0.25, 0.3) is 0 Å². The van der Waals surface area contributed by atoms with Gasteiger partial charge in [0.15, 0.2) is 0 Å². The summed E-state index contributed by atoms with van der Waals surface area (Å²) in [6, 6.07) is 17.9. The van der Waals surface area contributed by atoms with Gasteiger partial charge >= 0.3 is 0 Å². The van der Waals surface area contributed by atoms with Gasteiger partial charge < -0.3 is 5.32 Å². The predicted octanol–water partition coefficient (Wildman–Crippen LogP) is 5.37. The molecule has 0 fully saturated rings. The molecule has 0 aliphatic rings. The smallest absolute Gasteiger partial charge is 0.237 e. The third kappa shape index (κ3) is 4.19. The van der Waals surface area contributed by atoms with Crippen molar-refractivity contribution in [2.45, 2.75) is 30.9 Å². The van der Waals surface area contributed by atoms with E-state index in [-0.39, 0.29) is 11.2 Å². The summed E-state index contributed by atoms with van der Waals surface area (Å²) in [5.41, 5.74) is 3.48. The van der Waals surface area contributed by atoms with Crippen molar-refractivity contribution in [1.82, 2.24) is 9.78 Å². The standard InChI is InChI=1S/C20H20BrN3OS/c1-13-19(14(2)24(23-13)17-7-5-4-6-8-17)22-20(25)15(3)26-18-11-9-16(21)10-12-18/h4-12,15H,1-3H3,(H,22,25). The van der Waals surface area contributed by atoms with Crippen LogP contribution in [0.25, 0.3) is 5.69 Å². The fourth-order valence-corrected chi connectivity index (χ4v) is 3.77. The summed E-state index contributed by atoms with van der Waals surface area (Å²) < 4.78 is 2.89. The van der Waals surface area contributed by atoms with Crippen LogP contribution in [0.15, 0.2) is 64.0 Å². The number of amides is 1. The number of aromatic nitrogens is 2. The van der Waals surface area contributed by atoms with Gasteiger partial charge in [0.05, 0.1) is 28.0 Å². The second-order valence-electron chi connectivity index (χ2n) is 6.00. The largest absolute Gasteiger partial charge is 0.322 e. The monoisotopic (exact) mass is 429 g/mol. The van der Waals surface area contributed by atoms with Crippen LogP contribution in [0.1, 0.15) is 18.3 Å². The van der Waals surface area contributed by atoms with Crippen LogP contribution < -0.4 is 5.32 Å². The number of rotatable bonds is 5. The van der Waals surface area contributed by atoms with Crippen molar-refractivity contribution >= 4 is 39.3 Å². The number of para-hydroxylation sites is 1. The summed E-state index contributed by atoms with van der Waals surface area (Å²) >= 11 is 4.96. The lowest BCUT2D eigenvalue weighted by atomic mass is 10.3. The Labute approximate surface area is 166 Å². The van der Waals surface area contributed by atoms with Crippen molar-refractivity contribution in [1.29, 1.82) is 0 Å². The van der Waals surface area contributed by atoms with Crippen LogP contribution in [0.3, 0.4) is 0 Å². The fourth-order valence-electron chi connectivity index (χ4n) is 2.64. The third-order valence-electron chi connectivity index (χ3n) is 4.04. The molecule has 1 aromatic heterocycles. The number of thioether (sulfide) groups is 1. The van der Waals surface area contributed by atoms with E-state index >= 15 is 0 Å². The summed E-state index contributed by atoms with van der Waals surface area (Å²) in [5, 5.41) is 7.41. The Morgan fingerprint density at radius 1 is 1.12 bits per heavy atom. The van der Waals surface area contributed by atoms with E-state index in [9.17, 15) is 4.79 Å². The molecule has 1 atom stereocenters. The Hall–Kier alpha value is -2.05. The Bertz CT molecular complexity index is 907. The van der Waals surface area contributed by atoms with E-state index in [4.69, 9.17) is 0 Å². The van der Waals surface area contributed by atoms with E-state index in [1.807, 2.05) is 80.1 Å². The van der Waals surface area contributed by atoms with Crippen LogP contribution in [-0.2, 0) is 4.79 Å². The molecule has 0 spiro atoms. The van der Waals surface area contributed by atoms with Crippen LogP contribution >= 0.6 is 27.7 Å². The number of carbonyl (C=O) groups is 1. The lowest BCUT2D eigenvalue weighted by Crippen LogP contribution is -2.23. The van der Waals surface area contributed by atoms with Gasteiger partial charge in [-0.1, -0.05) is 34.1 Å². The molecule has 1 amide bonds. The zero-order chi connectivity index (χ0) is 18.7. The Morgan fingerprint density at radius 2 is 1.77 bits per heavy atom. The number of aryl methyl sites for hydroxylation is 1. The summed E-state index contributed by atoms with van der Waals surface area (Å²) in [6.45, 7) is 5.79. The van der Waals surface area contributed by atoms with E-state index in [0.717, 1.165) is 32.1 Å². The number of nitrogens with zero attached hydrogens (tertiary/aromatic N) is 2. The minimum Gasteiger partial charge on any atom is -0.322 e. The number of anilines is 1. The maximum atomic E-state index is 12.7. The number of nitrogens with one attached hydrogen (secondary N) is 1. The van der Waals surface area contributed by atoms with Gasteiger partial charge in [-0.25, -0.2) is 4.68 Å². The van der Waals surface area contributed by atoms with E-state index in [0.29, 0.717) is 0 Å². The van der Waals surface area contributed by atoms with Crippen molar-refractivity contribution in [3.05, 3.63) is 70.5 Å². The highest BCUT2D eigenvalue weighted by atomic mass is 79.9. The van der Waals surface area contributed by atoms with Crippen molar-refractivity contribution in [3.8, 4) is 5.69 Å². The van der Waals surface area contributed by atoms with Gasteiger partial charge in [0.1, 0.15) is 0 Å². The minimum absolute atomic E-state index is 0.0308. The van der Waals surface area contributed by atoms with Gasteiger partial charge in [-0.2, -0.15) is 5.10 Å².